The number of aliphatic carboxylic acids is 1. The second-order valence-corrected chi connectivity index (χ2v) is 10.4. The molecule has 31 heavy (non-hydrogen) atoms. The maximum Gasteiger partial charge on any atom is 1.00 e. The van der Waals surface area contributed by atoms with Crippen molar-refractivity contribution in [1.82, 2.24) is 0 Å². The predicted molar refractivity (Wildman–Crippen MR) is 113 cm³/mol. The van der Waals surface area contributed by atoms with Crippen molar-refractivity contribution in [2.75, 3.05) is 0 Å². The number of ketones is 2. The fourth-order valence-electron chi connectivity index (χ4n) is 7.52. The summed E-state index contributed by atoms with van der Waals surface area (Å²) in [6.07, 6.45) is -6.62. The van der Waals surface area contributed by atoms with Crippen LogP contribution in [0.3, 0.4) is 0 Å². The number of hydrogen-bond donors (Lipinski definition) is 0. The first-order valence-corrected chi connectivity index (χ1v) is 11.4. The summed E-state index contributed by atoms with van der Waals surface area (Å²) in [7, 11) is 0. The van der Waals surface area contributed by atoms with Gasteiger partial charge < -0.3 is 9.90 Å². The quantitative estimate of drug-likeness (QED) is 0.595. The van der Waals surface area contributed by atoms with E-state index in [9.17, 15) is 22.2 Å². The van der Waals surface area contributed by atoms with Crippen LogP contribution in [0.5, 0.6) is 0 Å². The van der Waals surface area contributed by atoms with E-state index in [1.807, 2.05) is 6.92 Å². The van der Waals surface area contributed by atoms with E-state index in [2.05, 4.69) is 0 Å². The third-order valence-electron chi connectivity index (χ3n) is 9.03. The molecule has 0 spiro atoms. The number of hydrogen-bond acceptors (Lipinski definition) is 4. The van der Waals surface area contributed by atoms with E-state index in [4.69, 9.17) is 8.22 Å². The first-order valence-electron chi connectivity index (χ1n) is 15.4. The molecule has 4 aliphatic carbocycles. The van der Waals surface area contributed by atoms with Crippen LogP contribution >= 0.6 is 0 Å². The molecule has 0 radical (unpaired) electrons. The van der Waals surface area contributed by atoms with Gasteiger partial charge in [-0.2, -0.15) is 0 Å². The number of fused-ring (bicyclic) bond motifs is 5. The minimum absolute atomic E-state index is 0. The molecule has 4 rings (SSSR count). The van der Waals surface area contributed by atoms with Gasteiger partial charge in [0.1, 0.15) is 11.6 Å². The van der Waals surface area contributed by atoms with Gasteiger partial charge in [-0.1, -0.05) is 27.7 Å². The predicted octanol–water partition coefficient (Wildman–Crippen LogP) is 1.20. The third-order valence-corrected chi connectivity index (χ3v) is 9.03. The fourth-order valence-corrected chi connectivity index (χ4v) is 7.52. The molecule has 168 valence electrons. The molecule has 5 heteroatoms. The van der Waals surface area contributed by atoms with Crippen molar-refractivity contribution in [3.8, 4) is 0 Å². The molecule has 2 unspecified atom stereocenters. The van der Waals surface area contributed by atoms with Gasteiger partial charge in [0, 0.05) is 41.5 Å². The van der Waals surface area contributed by atoms with Crippen molar-refractivity contribution in [3.63, 3.8) is 0 Å². The smallest absolute Gasteiger partial charge is 0.550 e. The van der Waals surface area contributed by atoms with Gasteiger partial charge in [-0.3, -0.25) is 9.59 Å². The molecule has 0 bridgehead atoms. The summed E-state index contributed by atoms with van der Waals surface area (Å²) in [5, 5.41) is 11.4. The van der Waals surface area contributed by atoms with Crippen LogP contribution in [0.4, 0.5) is 0 Å². The van der Waals surface area contributed by atoms with Crippen LogP contribution in [0.15, 0.2) is 0 Å². The third kappa shape index (κ3) is 4.01. The second-order valence-electron chi connectivity index (χ2n) is 10.4. The molecule has 0 saturated heterocycles. The van der Waals surface area contributed by atoms with Gasteiger partial charge in [0.2, 0.25) is 0 Å². The van der Waals surface area contributed by atoms with Gasteiger partial charge in [0.05, 0.1) is 0 Å². The van der Waals surface area contributed by atoms with E-state index in [1.54, 1.807) is 20.8 Å². The normalized spacial score (nSPS) is 57.4. The van der Waals surface area contributed by atoms with Crippen molar-refractivity contribution >= 4 is 17.5 Å². The minimum atomic E-state index is -2.74. The van der Waals surface area contributed by atoms with Gasteiger partial charge in [0.15, 0.2) is 0 Å². The number of carbonyl (C=O) groups is 3. The molecule has 4 saturated carbocycles. The van der Waals surface area contributed by atoms with Gasteiger partial charge in [-0.25, -0.2) is 0 Å². The van der Waals surface area contributed by atoms with E-state index in [1.165, 1.54) is 0 Å². The first kappa shape index (κ1) is 16.4. The Kier molecular flexibility index (Phi) is 4.89. The van der Waals surface area contributed by atoms with E-state index in [-0.39, 0.29) is 60.7 Å². The summed E-state index contributed by atoms with van der Waals surface area (Å²) in [5.74, 6) is -10.8. The number of Topliss-reactive ketones (excluding diaryl/α,β-unsaturated/α-hetero) is 2. The molecule has 0 aromatic rings. The number of rotatable bonds is 5. The van der Waals surface area contributed by atoms with Crippen LogP contribution in [0, 0.1) is 52.2 Å². The molecular formula is C26H39NaO4. The summed E-state index contributed by atoms with van der Waals surface area (Å²) < 4.78 is 69.2. The van der Waals surface area contributed by atoms with Crippen LogP contribution in [-0.4, -0.2) is 17.5 Å². The number of carboxylic acid groups (broad SMARTS) is 1. The molecule has 0 aliphatic heterocycles. The Labute approximate surface area is 221 Å². The second kappa shape index (κ2) is 9.22. The summed E-state index contributed by atoms with van der Waals surface area (Å²) in [6, 6.07) is 0. The van der Waals surface area contributed by atoms with Crippen molar-refractivity contribution < 1.29 is 60.0 Å². The van der Waals surface area contributed by atoms with E-state index < -0.39 is 77.0 Å². The van der Waals surface area contributed by atoms with Crippen molar-refractivity contribution in [3.05, 3.63) is 0 Å². The molecule has 0 amide bonds. The zero-order chi connectivity index (χ0) is 29.1. The summed E-state index contributed by atoms with van der Waals surface area (Å²) in [5.41, 5.74) is -1.90. The van der Waals surface area contributed by atoms with E-state index >= 15 is 0 Å². The molecule has 0 aromatic carbocycles. The Morgan fingerprint density at radius 3 is 2.52 bits per heavy atom. The molecule has 0 N–H and O–H groups in total. The zero-order valence-electron chi connectivity index (χ0n) is 27.5. The fraction of sp³-hybridized carbons (Fsp3) is 0.885. The Balaban J connectivity index is 0.00000420. The van der Waals surface area contributed by atoms with Crippen molar-refractivity contribution in [1.29, 1.82) is 0 Å². The zero-order valence-corrected chi connectivity index (χ0v) is 21.5. The van der Waals surface area contributed by atoms with Gasteiger partial charge in [-0.05, 0) is 91.7 Å². The molecular weight excluding hydrogens is 399 g/mol. The SMILES string of the molecule is [2H]C([2H])(C[C@@H](C)[C@H]1CCC2[C@]3([2H])C(=O)[C@]([2H])(CC)[C@@H]4C([2H])([2H])C(=O)C([2H])([2H])C[C@]4(C)C3CC[C@@]21C)C(=O)[O-].[Na+]. The summed E-state index contributed by atoms with van der Waals surface area (Å²) in [4.78, 5) is 38.7. The van der Waals surface area contributed by atoms with Crippen LogP contribution in [0.2, 0.25) is 0 Å². The van der Waals surface area contributed by atoms with Crippen LogP contribution in [0.1, 0.15) is 103 Å². The largest absolute Gasteiger partial charge is 1.00 e. The molecule has 0 heterocycles. The van der Waals surface area contributed by atoms with Gasteiger partial charge in [-0.15, -0.1) is 0 Å². The van der Waals surface area contributed by atoms with Crippen LogP contribution in [0.25, 0.3) is 0 Å². The molecule has 4 fully saturated rings. The molecule has 4 nitrogen and oxygen atoms in total. The Bertz CT molecular complexity index is 1070. The maximum atomic E-state index is 14.4. The monoisotopic (exact) mass is 446 g/mol. The summed E-state index contributed by atoms with van der Waals surface area (Å²) >= 11 is 0. The molecule has 9 atom stereocenters. The van der Waals surface area contributed by atoms with Crippen LogP contribution < -0.4 is 34.7 Å². The van der Waals surface area contributed by atoms with Gasteiger partial charge in [0.25, 0.3) is 0 Å². The Morgan fingerprint density at radius 2 is 1.87 bits per heavy atom. The maximum absolute atomic E-state index is 14.4. The standard InChI is InChI=1S/C26H40O4.Na/c1-5-17-21-14-16(27)10-12-26(21,4)20-11-13-25(3)18(15(2)6-9-22(28)29)7-8-19(25)23(20)24(17)30;/h15,17-21,23H,5-14H2,1-4H3,(H,28,29);/q;+1/p-1/t15-,17-,18-,19?,20?,21+,23+,25-,26-;/m1./s1/i9D2,10D2,14D2,17D,23D;. The Hall–Kier alpha value is -0.190. The minimum Gasteiger partial charge on any atom is -0.550 e. The number of carboxylic acids is 1. The topological polar surface area (TPSA) is 74.3 Å². The van der Waals surface area contributed by atoms with Crippen molar-refractivity contribution in [2.24, 2.45) is 52.2 Å². The average molecular weight is 447 g/mol. The Morgan fingerprint density at radius 1 is 1.19 bits per heavy atom. The van der Waals surface area contributed by atoms with E-state index in [0.29, 0.717) is 25.7 Å². The number of carbonyl (C=O) groups excluding carboxylic acids is 3. The van der Waals surface area contributed by atoms with Gasteiger partial charge >= 0.3 is 29.6 Å². The molecule has 0 aromatic heterocycles. The van der Waals surface area contributed by atoms with E-state index in [0.717, 1.165) is 0 Å². The molecule has 4 aliphatic rings. The summed E-state index contributed by atoms with van der Waals surface area (Å²) in [6.45, 7) is 7.02. The first-order chi connectivity index (χ1) is 17.1. The van der Waals surface area contributed by atoms with Crippen molar-refractivity contribution in [2.45, 2.75) is 91.8 Å². The average Bonchev–Trinajstić information content (AvgIpc) is 3.14. The van der Waals surface area contributed by atoms with Crippen LogP contribution in [-0.2, 0) is 14.4 Å².